The van der Waals surface area contributed by atoms with Gasteiger partial charge >= 0.3 is 0 Å². The van der Waals surface area contributed by atoms with Gasteiger partial charge < -0.3 is 15.3 Å². The lowest BCUT2D eigenvalue weighted by molar-refractivity contribution is -0.134. The van der Waals surface area contributed by atoms with Crippen molar-refractivity contribution in [3.8, 4) is 0 Å². The Morgan fingerprint density at radius 2 is 1.85 bits per heavy atom. The Morgan fingerprint density at radius 1 is 1.30 bits per heavy atom. The summed E-state index contributed by atoms with van der Waals surface area (Å²) in [6, 6.07) is 8.08. The zero-order valence-corrected chi connectivity index (χ0v) is 12.4. The number of amides is 2. The topological polar surface area (TPSA) is 69.6 Å². The third-order valence-corrected chi connectivity index (χ3v) is 2.75. The first kappa shape index (κ1) is 16.2. The Bertz CT molecular complexity index is 466. The molecular weight excluding hydrogens is 256 g/mol. The summed E-state index contributed by atoms with van der Waals surface area (Å²) in [6.07, 6.45) is 0. The van der Waals surface area contributed by atoms with Gasteiger partial charge in [0, 0.05) is 19.2 Å². The van der Waals surface area contributed by atoms with Gasteiger partial charge in [0.05, 0.1) is 5.60 Å². The van der Waals surface area contributed by atoms with Crippen molar-refractivity contribution in [2.24, 2.45) is 0 Å². The highest BCUT2D eigenvalue weighted by Gasteiger charge is 2.24. The molecule has 0 saturated carbocycles. The molecule has 0 spiro atoms. The van der Waals surface area contributed by atoms with Crippen LogP contribution in [0.3, 0.4) is 0 Å². The summed E-state index contributed by atoms with van der Waals surface area (Å²) in [5.41, 5.74) is -0.453. The highest BCUT2D eigenvalue weighted by Crippen LogP contribution is 2.05. The van der Waals surface area contributed by atoms with Crippen LogP contribution in [0.15, 0.2) is 30.3 Å². The molecule has 5 nitrogen and oxygen atoms in total. The first-order chi connectivity index (χ1) is 9.20. The molecule has 110 valence electrons. The predicted molar refractivity (Wildman–Crippen MR) is 77.3 cm³/mol. The second-order valence-electron chi connectivity index (χ2n) is 5.57. The van der Waals surface area contributed by atoms with Crippen LogP contribution >= 0.6 is 0 Å². The molecule has 0 aliphatic heterocycles. The molecule has 5 heteroatoms. The number of nitrogens with zero attached hydrogens (tertiary/aromatic N) is 1. The summed E-state index contributed by atoms with van der Waals surface area (Å²) >= 11 is 0. The Labute approximate surface area is 119 Å². The minimum absolute atomic E-state index is 0.206. The fourth-order valence-corrected chi connectivity index (χ4v) is 1.92. The molecule has 0 saturated heterocycles. The number of benzene rings is 1. The van der Waals surface area contributed by atoms with Gasteiger partial charge in [-0.2, -0.15) is 0 Å². The van der Waals surface area contributed by atoms with Crippen molar-refractivity contribution in [3.05, 3.63) is 35.9 Å². The summed E-state index contributed by atoms with van der Waals surface area (Å²) in [7, 11) is 1.60. The Morgan fingerprint density at radius 3 is 2.35 bits per heavy atom. The van der Waals surface area contributed by atoms with Crippen LogP contribution < -0.4 is 5.32 Å². The van der Waals surface area contributed by atoms with Crippen LogP contribution in [0, 0.1) is 0 Å². The summed E-state index contributed by atoms with van der Waals surface area (Å²) in [5, 5.41) is 12.3. The first-order valence-corrected chi connectivity index (χ1v) is 6.54. The summed E-state index contributed by atoms with van der Waals surface area (Å²) in [6.45, 7) is 5.09. The average molecular weight is 278 g/mol. The Kier molecular flexibility index (Phi) is 5.27. The maximum atomic E-state index is 12.1. The molecule has 0 bridgehead atoms. The number of hydrogen-bond acceptors (Lipinski definition) is 3. The number of carbonyl (C=O) groups excluding carboxylic acids is 2. The molecule has 0 aromatic heterocycles. The number of nitrogens with one attached hydrogen (secondary N) is 1. The number of carbonyl (C=O) groups is 2. The van der Waals surface area contributed by atoms with E-state index in [0.29, 0.717) is 5.56 Å². The van der Waals surface area contributed by atoms with Crippen molar-refractivity contribution in [1.82, 2.24) is 10.2 Å². The minimum atomic E-state index is -0.965. The second kappa shape index (κ2) is 6.52. The molecule has 1 atom stereocenters. The molecule has 1 aromatic carbocycles. The molecule has 1 unspecified atom stereocenters. The van der Waals surface area contributed by atoms with Crippen LogP contribution in [0.1, 0.15) is 31.1 Å². The predicted octanol–water partition coefficient (Wildman–Crippen LogP) is 1.03. The van der Waals surface area contributed by atoms with Crippen molar-refractivity contribution in [2.45, 2.75) is 32.4 Å². The van der Waals surface area contributed by atoms with Crippen LogP contribution in [0.25, 0.3) is 0 Å². The number of hydrogen-bond donors (Lipinski definition) is 2. The Balaban J connectivity index is 2.60. The SMILES string of the molecule is CC(NC(=O)c1ccccc1)C(=O)N(C)CC(C)(C)O. The molecule has 0 fully saturated rings. The van der Waals surface area contributed by atoms with E-state index < -0.39 is 11.6 Å². The molecule has 1 aromatic rings. The summed E-state index contributed by atoms with van der Waals surface area (Å²) in [5.74, 6) is -0.528. The van der Waals surface area contributed by atoms with E-state index in [9.17, 15) is 14.7 Å². The molecule has 2 amide bonds. The van der Waals surface area contributed by atoms with Gasteiger partial charge in [0.1, 0.15) is 6.04 Å². The van der Waals surface area contributed by atoms with Crippen LogP contribution in [0.2, 0.25) is 0 Å². The van der Waals surface area contributed by atoms with Gasteiger partial charge in [-0.15, -0.1) is 0 Å². The lowest BCUT2D eigenvalue weighted by Crippen LogP contribution is -2.49. The maximum absolute atomic E-state index is 12.1. The van der Waals surface area contributed by atoms with Crippen LogP contribution in [-0.2, 0) is 4.79 Å². The largest absolute Gasteiger partial charge is 0.389 e. The highest BCUT2D eigenvalue weighted by molar-refractivity contribution is 5.97. The van der Waals surface area contributed by atoms with Crippen LogP contribution in [0.4, 0.5) is 0 Å². The fourth-order valence-electron chi connectivity index (χ4n) is 1.92. The quantitative estimate of drug-likeness (QED) is 0.845. The van der Waals surface area contributed by atoms with Crippen molar-refractivity contribution in [2.75, 3.05) is 13.6 Å². The van der Waals surface area contributed by atoms with E-state index in [1.165, 1.54) is 4.90 Å². The van der Waals surface area contributed by atoms with Crippen molar-refractivity contribution >= 4 is 11.8 Å². The van der Waals surface area contributed by atoms with Gasteiger partial charge in [-0.3, -0.25) is 9.59 Å². The molecule has 0 aliphatic rings. The lowest BCUT2D eigenvalue weighted by Gasteiger charge is -2.28. The van der Waals surface area contributed by atoms with Crippen molar-refractivity contribution in [3.63, 3.8) is 0 Å². The van der Waals surface area contributed by atoms with Crippen molar-refractivity contribution in [1.29, 1.82) is 0 Å². The normalized spacial score (nSPS) is 12.7. The molecule has 1 rings (SSSR count). The zero-order chi connectivity index (χ0) is 15.3. The van der Waals surface area contributed by atoms with E-state index in [0.717, 1.165) is 0 Å². The van der Waals surface area contributed by atoms with Gasteiger partial charge in [0.25, 0.3) is 5.91 Å². The fraction of sp³-hybridized carbons (Fsp3) is 0.467. The van der Waals surface area contributed by atoms with Crippen LogP contribution in [-0.4, -0.2) is 47.1 Å². The van der Waals surface area contributed by atoms with Gasteiger partial charge in [0.2, 0.25) is 5.91 Å². The molecule has 2 N–H and O–H groups in total. The molecule has 0 heterocycles. The average Bonchev–Trinajstić information content (AvgIpc) is 2.36. The standard InChI is InChI=1S/C15H22N2O3/c1-11(14(19)17(4)10-15(2,3)20)16-13(18)12-8-6-5-7-9-12/h5-9,11,20H,10H2,1-4H3,(H,16,18). The van der Waals surface area contributed by atoms with E-state index in [4.69, 9.17) is 0 Å². The highest BCUT2D eigenvalue weighted by atomic mass is 16.3. The second-order valence-corrected chi connectivity index (χ2v) is 5.57. The Hall–Kier alpha value is -1.88. The number of aliphatic hydroxyl groups is 1. The van der Waals surface area contributed by atoms with Crippen molar-refractivity contribution < 1.29 is 14.7 Å². The van der Waals surface area contributed by atoms with Gasteiger partial charge in [-0.05, 0) is 32.9 Å². The summed E-state index contributed by atoms with van der Waals surface area (Å²) in [4.78, 5) is 25.4. The van der Waals surface area contributed by atoms with Gasteiger partial charge in [0.15, 0.2) is 0 Å². The molecular formula is C15H22N2O3. The minimum Gasteiger partial charge on any atom is -0.389 e. The smallest absolute Gasteiger partial charge is 0.251 e. The monoisotopic (exact) mass is 278 g/mol. The van der Waals surface area contributed by atoms with E-state index in [2.05, 4.69) is 5.32 Å². The number of rotatable bonds is 5. The molecule has 20 heavy (non-hydrogen) atoms. The van der Waals surface area contributed by atoms with Crippen LogP contribution in [0.5, 0.6) is 0 Å². The van der Waals surface area contributed by atoms with E-state index in [1.54, 1.807) is 52.1 Å². The number of likely N-dealkylation sites (N-methyl/N-ethyl adjacent to an activating group) is 1. The molecule has 0 radical (unpaired) electrons. The third-order valence-electron chi connectivity index (χ3n) is 2.75. The lowest BCUT2D eigenvalue weighted by atomic mass is 10.1. The van der Waals surface area contributed by atoms with E-state index >= 15 is 0 Å². The summed E-state index contributed by atoms with van der Waals surface area (Å²) < 4.78 is 0. The first-order valence-electron chi connectivity index (χ1n) is 6.54. The van der Waals surface area contributed by atoms with Gasteiger partial charge in [-0.1, -0.05) is 18.2 Å². The third kappa shape index (κ3) is 5.01. The zero-order valence-electron chi connectivity index (χ0n) is 12.4. The van der Waals surface area contributed by atoms with E-state index in [1.807, 2.05) is 6.07 Å². The van der Waals surface area contributed by atoms with Gasteiger partial charge in [-0.25, -0.2) is 0 Å². The van der Waals surface area contributed by atoms with E-state index in [-0.39, 0.29) is 18.4 Å². The maximum Gasteiger partial charge on any atom is 0.251 e. The molecule has 0 aliphatic carbocycles.